The van der Waals surface area contributed by atoms with Crippen LogP contribution < -0.4 is 10.6 Å². The summed E-state index contributed by atoms with van der Waals surface area (Å²) in [7, 11) is 0. The van der Waals surface area contributed by atoms with E-state index in [0.717, 1.165) is 46.1 Å². The van der Waals surface area contributed by atoms with E-state index in [0.29, 0.717) is 6.54 Å². The number of pyridine rings is 1. The van der Waals surface area contributed by atoms with Crippen molar-refractivity contribution in [3.8, 4) is 5.69 Å². The van der Waals surface area contributed by atoms with E-state index in [2.05, 4.69) is 47.7 Å². The van der Waals surface area contributed by atoms with Crippen LogP contribution in [0.1, 0.15) is 50.9 Å². The van der Waals surface area contributed by atoms with Gasteiger partial charge in [-0.25, -0.2) is 14.1 Å². The maximum Gasteiger partial charge on any atom is 0.125 e. The lowest BCUT2D eigenvalue weighted by atomic mass is 10.0. The molecule has 3 rings (SSSR count). The molecule has 5 nitrogen and oxygen atoms in total. The van der Waals surface area contributed by atoms with Crippen LogP contribution >= 0.6 is 0 Å². The van der Waals surface area contributed by atoms with Crippen molar-refractivity contribution in [3.63, 3.8) is 0 Å². The molecule has 2 aromatic heterocycles. The summed E-state index contributed by atoms with van der Waals surface area (Å²) >= 11 is 0. The average molecular weight is 448 g/mol. The summed E-state index contributed by atoms with van der Waals surface area (Å²) in [5.41, 5.74) is 5.23. The molecule has 0 fully saturated rings. The van der Waals surface area contributed by atoms with Gasteiger partial charge >= 0.3 is 0 Å². The quantitative estimate of drug-likeness (QED) is 0.363. The summed E-state index contributed by atoms with van der Waals surface area (Å²) in [5.74, 6) is 0.573. The third kappa shape index (κ3) is 6.91. The van der Waals surface area contributed by atoms with Crippen molar-refractivity contribution in [1.82, 2.24) is 20.1 Å². The number of allylic oxidation sites excluding steroid dienone is 2. The van der Waals surface area contributed by atoms with Gasteiger partial charge in [0, 0.05) is 36.1 Å². The van der Waals surface area contributed by atoms with Gasteiger partial charge in [0.15, 0.2) is 0 Å². The van der Waals surface area contributed by atoms with Gasteiger partial charge in [0.05, 0.1) is 17.6 Å². The van der Waals surface area contributed by atoms with Gasteiger partial charge in [-0.15, -0.1) is 0 Å². The third-order valence-corrected chi connectivity index (χ3v) is 4.66. The molecule has 174 valence electrons. The van der Waals surface area contributed by atoms with Gasteiger partial charge in [0.1, 0.15) is 11.6 Å². The van der Waals surface area contributed by atoms with Crippen molar-refractivity contribution < 1.29 is 4.39 Å². The Hall–Kier alpha value is -3.67. The van der Waals surface area contributed by atoms with E-state index in [-0.39, 0.29) is 5.82 Å². The van der Waals surface area contributed by atoms with E-state index in [1.165, 1.54) is 18.6 Å². The van der Waals surface area contributed by atoms with Crippen molar-refractivity contribution in [2.24, 2.45) is 0 Å². The van der Waals surface area contributed by atoms with Crippen LogP contribution in [0.15, 0.2) is 73.7 Å². The topological polar surface area (TPSA) is 54.8 Å². The Morgan fingerprint density at radius 2 is 1.79 bits per heavy atom. The zero-order chi connectivity index (χ0) is 24.2. The predicted octanol–water partition coefficient (Wildman–Crippen LogP) is 6.60. The Kier molecular flexibility index (Phi) is 10.1. The van der Waals surface area contributed by atoms with Gasteiger partial charge in [0.25, 0.3) is 0 Å². The highest BCUT2D eigenvalue weighted by molar-refractivity contribution is 5.82. The second-order valence-corrected chi connectivity index (χ2v) is 7.36. The molecule has 0 saturated heterocycles. The van der Waals surface area contributed by atoms with E-state index in [1.807, 2.05) is 38.3 Å². The van der Waals surface area contributed by atoms with Crippen molar-refractivity contribution in [1.29, 1.82) is 0 Å². The lowest BCUT2D eigenvalue weighted by molar-refractivity contribution is 0.627. The van der Waals surface area contributed by atoms with Gasteiger partial charge in [0.2, 0.25) is 0 Å². The van der Waals surface area contributed by atoms with Crippen LogP contribution in [0.2, 0.25) is 0 Å². The van der Waals surface area contributed by atoms with Crippen LogP contribution in [-0.4, -0.2) is 21.3 Å². The third-order valence-electron chi connectivity index (χ3n) is 4.66. The van der Waals surface area contributed by atoms with Gasteiger partial charge in [-0.1, -0.05) is 45.6 Å². The van der Waals surface area contributed by atoms with E-state index < -0.39 is 0 Å². The predicted molar refractivity (Wildman–Crippen MR) is 138 cm³/mol. The number of nitrogens with zero attached hydrogens (tertiary/aromatic N) is 3. The zero-order valence-electron chi connectivity index (χ0n) is 20.0. The molecule has 0 atom stereocenters. The van der Waals surface area contributed by atoms with Crippen LogP contribution in [0.5, 0.6) is 0 Å². The Bertz CT molecular complexity index is 1060. The monoisotopic (exact) mass is 447 g/mol. The fourth-order valence-corrected chi connectivity index (χ4v) is 3.16. The van der Waals surface area contributed by atoms with E-state index >= 15 is 0 Å². The van der Waals surface area contributed by atoms with E-state index in [9.17, 15) is 4.39 Å². The summed E-state index contributed by atoms with van der Waals surface area (Å²) in [6.45, 7) is 17.8. The van der Waals surface area contributed by atoms with Crippen LogP contribution in [-0.2, 0) is 6.54 Å². The maximum atomic E-state index is 13.3. The van der Waals surface area contributed by atoms with Crippen LogP contribution in [0.4, 0.5) is 10.2 Å². The summed E-state index contributed by atoms with van der Waals surface area (Å²) in [4.78, 5) is 4.39. The molecule has 0 saturated carbocycles. The van der Waals surface area contributed by atoms with Crippen molar-refractivity contribution in [3.05, 3.63) is 96.4 Å². The molecule has 0 aliphatic carbocycles. The Morgan fingerprint density at radius 1 is 1.09 bits per heavy atom. The SMILES string of the molecule is C=Cc1c(/C(=C\C)C(=C)NCc2ccc(NCC)nc2)cnn1-c1ccc(F)cc1.CCC. The number of anilines is 1. The molecule has 33 heavy (non-hydrogen) atoms. The largest absolute Gasteiger partial charge is 0.381 e. The minimum Gasteiger partial charge on any atom is -0.381 e. The minimum absolute atomic E-state index is 0.286. The molecule has 0 spiro atoms. The molecule has 1 aromatic carbocycles. The Morgan fingerprint density at radius 3 is 2.33 bits per heavy atom. The van der Waals surface area contributed by atoms with E-state index in [1.54, 1.807) is 29.1 Å². The summed E-state index contributed by atoms with van der Waals surface area (Å²) in [6, 6.07) is 10.2. The van der Waals surface area contributed by atoms with Crippen molar-refractivity contribution in [2.75, 3.05) is 11.9 Å². The molecule has 2 heterocycles. The molecule has 0 amide bonds. The Labute approximate surface area is 196 Å². The molecular formula is C27H34FN5. The summed E-state index contributed by atoms with van der Waals surface area (Å²) in [6.07, 6.45) is 8.59. The number of aromatic nitrogens is 3. The first-order valence-corrected chi connectivity index (χ1v) is 11.2. The Balaban J connectivity index is 0.00000122. The molecule has 0 bridgehead atoms. The fourth-order valence-electron chi connectivity index (χ4n) is 3.16. The van der Waals surface area contributed by atoms with Crippen LogP contribution in [0.3, 0.4) is 0 Å². The highest BCUT2D eigenvalue weighted by Gasteiger charge is 2.15. The summed E-state index contributed by atoms with van der Waals surface area (Å²) in [5, 5.41) is 11.0. The van der Waals surface area contributed by atoms with Crippen LogP contribution in [0.25, 0.3) is 17.3 Å². The van der Waals surface area contributed by atoms with Crippen molar-refractivity contribution in [2.45, 2.75) is 40.7 Å². The first-order valence-electron chi connectivity index (χ1n) is 11.2. The van der Waals surface area contributed by atoms with Gasteiger partial charge in [-0.05, 0) is 55.8 Å². The molecule has 0 aliphatic rings. The van der Waals surface area contributed by atoms with Gasteiger partial charge < -0.3 is 10.6 Å². The molecule has 0 unspecified atom stereocenters. The number of halogens is 1. The van der Waals surface area contributed by atoms with E-state index in [4.69, 9.17) is 0 Å². The highest BCUT2D eigenvalue weighted by Crippen LogP contribution is 2.27. The number of hydrogen-bond acceptors (Lipinski definition) is 4. The number of rotatable bonds is 9. The second kappa shape index (κ2) is 13.0. The number of benzene rings is 1. The minimum atomic E-state index is -0.286. The summed E-state index contributed by atoms with van der Waals surface area (Å²) < 4.78 is 15.0. The van der Waals surface area contributed by atoms with Gasteiger partial charge in [-0.2, -0.15) is 5.10 Å². The molecular weight excluding hydrogens is 413 g/mol. The van der Waals surface area contributed by atoms with Crippen LogP contribution in [0, 0.1) is 5.82 Å². The lowest BCUT2D eigenvalue weighted by Crippen LogP contribution is -2.14. The fraction of sp³-hybridized carbons (Fsp3) is 0.259. The average Bonchev–Trinajstić information content (AvgIpc) is 3.24. The van der Waals surface area contributed by atoms with Gasteiger partial charge in [-0.3, -0.25) is 0 Å². The van der Waals surface area contributed by atoms with Crippen molar-refractivity contribution >= 4 is 17.5 Å². The molecule has 6 heteroatoms. The zero-order valence-corrected chi connectivity index (χ0v) is 20.0. The standard InChI is InChI=1S/C24H26FN5.C3H8/c1-5-21(17(4)27-14-18-8-13-24(26-7-3)28-15-18)22-16-29-30(23(22)6-2)20-11-9-19(25)10-12-20;1-3-2/h5-6,8-13,15-16,27H,2,4,7,14H2,1,3H3,(H,26,28);3H2,1-2H3/b21-5-;. The first kappa shape index (κ1) is 25.6. The first-order chi connectivity index (χ1) is 16.0. The second-order valence-electron chi connectivity index (χ2n) is 7.36. The maximum absolute atomic E-state index is 13.3. The highest BCUT2D eigenvalue weighted by atomic mass is 19.1. The molecule has 0 radical (unpaired) electrons. The molecule has 0 aliphatic heterocycles. The lowest BCUT2D eigenvalue weighted by Gasteiger charge is -2.14. The number of hydrogen-bond donors (Lipinski definition) is 2. The smallest absolute Gasteiger partial charge is 0.125 e. The molecule has 2 N–H and O–H groups in total. The normalized spacial score (nSPS) is 10.8. The number of nitrogens with one attached hydrogen (secondary N) is 2. The molecule has 3 aromatic rings.